The molecule has 11 heteroatoms. The van der Waals surface area contributed by atoms with E-state index in [4.69, 9.17) is 5.11 Å². The Labute approximate surface area is 169 Å². The SMILES string of the molecule is CCC(NC=O)C(=O)NC(CSC)C(=O)NCC(=O)NC(CC(C)C)C(=O)O. The number of carbonyl (C=O) groups is 5. The predicted octanol–water partition coefficient (Wildman–Crippen LogP) is -0.909. The number of carbonyl (C=O) groups excluding carboxylic acids is 4. The molecule has 0 fully saturated rings. The Morgan fingerprint density at radius 2 is 1.68 bits per heavy atom. The van der Waals surface area contributed by atoms with Crippen molar-refractivity contribution in [3.8, 4) is 0 Å². The third kappa shape index (κ3) is 10.1. The third-order valence-electron chi connectivity index (χ3n) is 3.72. The average molecular weight is 419 g/mol. The number of nitrogens with one attached hydrogen (secondary N) is 4. The molecular weight excluding hydrogens is 388 g/mol. The second-order valence-corrected chi connectivity index (χ2v) is 7.48. The van der Waals surface area contributed by atoms with Crippen LogP contribution >= 0.6 is 11.8 Å². The zero-order valence-corrected chi connectivity index (χ0v) is 17.4. The molecule has 0 aliphatic heterocycles. The molecule has 0 aliphatic rings. The molecule has 0 aromatic heterocycles. The van der Waals surface area contributed by atoms with Gasteiger partial charge in [0.1, 0.15) is 18.1 Å². The zero-order chi connectivity index (χ0) is 21.7. The molecule has 0 aromatic rings. The lowest BCUT2D eigenvalue weighted by molar-refractivity contribution is -0.142. The smallest absolute Gasteiger partial charge is 0.326 e. The van der Waals surface area contributed by atoms with Gasteiger partial charge in [-0.2, -0.15) is 11.8 Å². The van der Waals surface area contributed by atoms with Crippen LogP contribution in [0.3, 0.4) is 0 Å². The first-order valence-electron chi connectivity index (χ1n) is 8.95. The lowest BCUT2D eigenvalue weighted by Gasteiger charge is -2.21. The maximum atomic E-state index is 12.3. The molecule has 0 bridgehead atoms. The summed E-state index contributed by atoms with van der Waals surface area (Å²) in [6.07, 6.45) is 2.79. The predicted molar refractivity (Wildman–Crippen MR) is 106 cm³/mol. The number of rotatable bonds is 14. The van der Waals surface area contributed by atoms with Gasteiger partial charge < -0.3 is 26.4 Å². The van der Waals surface area contributed by atoms with E-state index >= 15 is 0 Å². The largest absolute Gasteiger partial charge is 0.480 e. The highest BCUT2D eigenvalue weighted by Gasteiger charge is 2.25. The minimum Gasteiger partial charge on any atom is -0.480 e. The Bertz CT molecular complexity index is 558. The molecule has 0 saturated carbocycles. The van der Waals surface area contributed by atoms with Gasteiger partial charge in [-0.05, 0) is 25.0 Å². The summed E-state index contributed by atoms with van der Waals surface area (Å²) < 4.78 is 0. The Morgan fingerprint density at radius 1 is 1.04 bits per heavy atom. The van der Waals surface area contributed by atoms with Gasteiger partial charge in [0.15, 0.2) is 0 Å². The minimum atomic E-state index is -1.14. The lowest BCUT2D eigenvalue weighted by Crippen LogP contribution is -2.55. The van der Waals surface area contributed by atoms with Gasteiger partial charge in [-0.25, -0.2) is 4.79 Å². The second kappa shape index (κ2) is 13.8. The summed E-state index contributed by atoms with van der Waals surface area (Å²) in [5, 5.41) is 18.8. The number of carboxylic acid groups (broad SMARTS) is 1. The van der Waals surface area contributed by atoms with Crippen molar-refractivity contribution in [2.45, 2.75) is 51.7 Å². The highest BCUT2D eigenvalue weighted by Crippen LogP contribution is 2.05. The highest BCUT2D eigenvalue weighted by molar-refractivity contribution is 7.98. The van der Waals surface area contributed by atoms with Crippen molar-refractivity contribution in [2.24, 2.45) is 5.92 Å². The number of hydrogen-bond acceptors (Lipinski definition) is 6. The Kier molecular flexibility index (Phi) is 12.7. The van der Waals surface area contributed by atoms with Gasteiger partial charge in [-0.1, -0.05) is 20.8 Å². The first-order valence-corrected chi connectivity index (χ1v) is 10.3. The molecule has 0 aliphatic carbocycles. The van der Waals surface area contributed by atoms with Crippen LogP contribution < -0.4 is 21.3 Å². The molecule has 28 heavy (non-hydrogen) atoms. The summed E-state index contributed by atoms with van der Waals surface area (Å²) in [5.74, 6) is -2.52. The van der Waals surface area contributed by atoms with Gasteiger partial charge in [0.25, 0.3) is 0 Å². The Balaban J connectivity index is 4.75. The van der Waals surface area contributed by atoms with Crippen LogP contribution in [0.4, 0.5) is 0 Å². The number of amides is 4. The summed E-state index contributed by atoms with van der Waals surface area (Å²) in [6, 6.07) is -2.69. The van der Waals surface area contributed by atoms with Crippen molar-refractivity contribution < 1.29 is 29.1 Å². The number of aliphatic carboxylic acids is 1. The molecule has 5 N–H and O–H groups in total. The Morgan fingerprint density at radius 3 is 2.14 bits per heavy atom. The Hall–Kier alpha value is -2.30. The van der Waals surface area contributed by atoms with E-state index in [1.165, 1.54) is 11.8 Å². The van der Waals surface area contributed by atoms with E-state index in [0.717, 1.165) is 0 Å². The molecule has 0 rings (SSSR count). The molecule has 160 valence electrons. The second-order valence-electron chi connectivity index (χ2n) is 6.57. The average Bonchev–Trinajstić information content (AvgIpc) is 2.62. The monoisotopic (exact) mass is 418 g/mol. The molecule has 3 unspecified atom stereocenters. The molecular formula is C17H30N4O6S. The summed E-state index contributed by atoms with van der Waals surface area (Å²) in [4.78, 5) is 58.1. The van der Waals surface area contributed by atoms with Crippen molar-refractivity contribution in [3.63, 3.8) is 0 Å². The number of thioether (sulfide) groups is 1. The summed E-state index contributed by atoms with van der Waals surface area (Å²) in [6.45, 7) is 4.97. The van der Waals surface area contributed by atoms with E-state index in [9.17, 15) is 24.0 Å². The molecule has 4 amide bonds. The van der Waals surface area contributed by atoms with E-state index in [-0.39, 0.29) is 18.1 Å². The molecule has 0 saturated heterocycles. The van der Waals surface area contributed by atoms with E-state index < -0.39 is 48.4 Å². The first kappa shape index (κ1) is 25.7. The fourth-order valence-electron chi connectivity index (χ4n) is 2.31. The summed E-state index contributed by atoms with van der Waals surface area (Å²) in [5.41, 5.74) is 0. The molecule has 0 aromatic carbocycles. The van der Waals surface area contributed by atoms with Gasteiger partial charge in [0.2, 0.25) is 24.1 Å². The standard InChI is InChI=1S/C17H30N4O6S/c1-5-11(19-9-22)16(25)21-13(8-28-4)15(24)18-7-14(23)20-12(17(26)27)6-10(2)3/h9-13H,5-8H2,1-4H3,(H,18,24)(H,19,22)(H,20,23)(H,21,25)(H,26,27). The molecule has 0 spiro atoms. The van der Waals surface area contributed by atoms with Crippen LogP contribution in [0.1, 0.15) is 33.6 Å². The van der Waals surface area contributed by atoms with Crippen molar-refractivity contribution in [2.75, 3.05) is 18.6 Å². The fraction of sp³-hybridized carbons (Fsp3) is 0.706. The van der Waals surface area contributed by atoms with E-state index in [2.05, 4.69) is 21.3 Å². The van der Waals surface area contributed by atoms with Crippen molar-refractivity contribution >= 4 is 41.9 Å². The minimum absolute atomic E-state index is 0.0728. The van der Waals surface area contributed by atoms with Crippen molar-refractivity contribution in [1.82, 2.24) is 21.3 Å². The van der Waals surface area contributed by atoms with Crippen LogP contribution in [-0.2, 0) is 24.0 Å². The van der Waals surface area contributed by atoms with Crippen LogP contribution in [0.2, 0.25) is 0 Å². The van der Waals surface area contributed by atoms with Gasteiger partial charge >= 0.3 is 5.97 Å². The number of hydrogen-bond donors (Lipinski definition) is 5. The van der Waals surface area contributed by atoms with Gasteiger partial charge in [0, 0.05) is 5.75 Å². The van der Waals surface area contributed by atoms with E-state index in [1.54, 1.807) is 13.2 Å². The van der Waals surface area contributed by atoms with Crippen LogP contribution in [0, 0.1) is 5.92 Å². The van der Waals surface area contributed by atoms with Crippen LogP contribution in [0.25, 0.3) is 0 Å². The van der Waals surface area contributed by atoms with Crippen molar-refractivity contribution in [3.05, 3.63) is 0 Å². The van der Waals surface area contributed by atoms with Crippen molar-refractivity contribution in [1.29, 1.82) is 0 Å². The quantitative estimate of drug-likeness (QED) is 0.229. The lowest BCUT2D eigenvalue weighted by atomic mass is 10.0. The molecule has 3 atom stereocenters. The first-order chi connectivity index (χ1) is 13.2. The van der Waals surface area contributed by atoms with Gasteiger partial charge in [-0.3, -0.25) is 19.2 Å². The van der Waals surface area contributed by atoms with Gasteiger partial charge in [-0.15, -0.1) is 0 Å². The summed E-state index contributed by atoms with van der Waals surface area (Å²) in [7, 11) is 0. The van der Waals surface area contributed by atoms with Crippen LogP contribution in [0.15, 0.2) is 0 Å². The normalized spacial score (nSPS) is 13.8. The maximum absolute atomic E-state index is 12.3. The van der Waals surface area contributed by atoms with Crippen LogP contribution in [0.5, 0.6) is 0 Å². The molecule has 10 nitrogen and oxygen atoms in total. The fourth-order valence-corrected chi connectivity index (χ4v) is 2.88. The number of carboxylic acids is 1. The zero-order valence-electron chi connectivity index (χ0n) is 16.6. The third-order valence-corrected chi connectivity index (χ3v) is 4.39. The highest BCUT2D eigenvalue weighted by atomic mass is 32.2. The van der Waals surface area contributed by atoms with E-state index in [0.29, 0.717) is 12.8 Å². The summed E-state index contributed by atoms with van der Waals surface area (Å²) >= 11 is 1.32. The topological polar surface area (TPSA) is 154 Å². The van der Waals surface area contributed by atoms with Crippen LogP contribution in [-0.4, -0.2) is 71.9 Å². The maximum Gasteiger partial charge on any atom is 0.326 e. The molecule has 0 radical (unpaired) electrons. The van der Waals surface area contributed by atoms with E-state index in [1.807, 2.05) is 13.8 Å². The van der Waals surface area contributed by atoms with Gasteiger partial charge in [0.05, 0.1) is 6.54 Å². The molecule has 0 heterocycles.